The van der Waals surface area contributed by atoms with E-state index in [-0.39, 0.29) is 6.61 Å². The molecular weight excluding hydrogens is 613 g/mol. The highest BCUT2D eigenvalue weighted by Gasteiger charge is 2.20. The summed E-state index contributed by atoms with van der Waals surface area (Å²) in [6.07, 6.45) is 21.0. The van der Waals surface area contributed by atoms with Gasteiger partial charge in [0.1, 0.15) is 5.75 Å². The highest BCUT2D eigenvalue weighted by molar-refractivity contribution is 6.12. The van der Waals surface area contributed by atoms with E-state index < -0.39 is 0 Å². The molecule has 6 rings (SSSR count). The molecule has 266 valence electrons. The van der Waals surface area contributed by atoms with E-state index in [2.05, 4.69) is 95.8 Å². The molecule has 0 bridgehead atoms. The number of hydrogen-bond donors (Lipinski definition) is 1. The molecule has 50 heavy (non-hydrogen) atoms. The third-order valence-corrected chi connectivity index (χ3v) is 11.0. The van der Waals surface area contributed by atoms with Gasteiger partial charge >= 0.3 is 0 Å². The van der Waals surface area contributed by atoms with Gasteiger partial charge in [-0.1, -0.05) is 140 Å². The molecule has 1 N–H and O–H groups in total. The maximum absolute atomic E-state index is 10.8. The summed E-state index contributed by atoms with van der Waals surface area (Å²) in [4.78, 5) is 0. The quantitative estimate of drug-likeness (QED) is 0.0773. The molecular formula is C46H60N2O2. The first-order valence-electron chi connectivity index (χ1n) is 19.9. The predicted octanol–water partition coefficient (Wildman–Crippen LogP) is 13.4. The van der Waals surface area contributed by atoms with Crippen LogP contribution in [0.2, 0.25) is 0 Å². The second-order valence-electron chi connectivity index (χ2n) is 14.5. The average Bonchev–Trinajstić information content (AvgIpc) is 3.63. The maximum atomic E-state index is 10.8. The fourth-order valence-corrected chi connectivity index (χ4v) is 8.26. The van der Waals surface area contributed by atoms with Crippen LogP contribution in [0.15, 0.2) is 72.8 Å². The zero-order chi connectivity index (χ0) is 34.7. The molecule has 0 aliphatic heterocycles. The zero-order valence-corrected chi connectivity index (χ0v) is 31.1. The Balaban J connectivity index is 1.32. The van der Waals surface area contributed by atoms with Crippen molar-refractivity contribution in [3.8, 4) is 16.9 Å². The molecule has 0 atom stereocenters. The number of para-hydroxylation sites is 2. The molecule has 0 amide bonds. The number of ether oxygens (including phenoxy) is 1. The lowest BCUT2D eigenvalue weighted by Gasteiger charge is -2.15. The smallest absolute Gasteiger partial charge is 0.128 e. The van der Waals surface area contributed by atoms with Gasteiger partial charge in [-0.05, 0) is 54.3 Å². The van der Waals surface area contributed by atoms with E-state index in [1.807, 2.05) is 0 Å². The lowest BCUT2D eigenvalue weighted by Crippen LogP contribution is -2.00. The summed E-state index contributed by atoms with van der Waals surface area (Å²) < 4.78 is 11.2. The van der Waals surface area contributed by atoms with Gasteiger partial charge in [0.2, 0.25) is 0 Å². The van der Waals surface area contributed by atoms with Crippen molar-refractivity contribution in [2.75, 3.05) is 7.11 Å². The number of nitrogens with zero attached hydrogens (tertiary/aromatic N) is 2. The van der Waals surface area contributed by atoms with Crippen molar-refractivity contribution >= 4 is 43.6 Å². The van der Waals surface area contributed by atoms with E-state index in [4.69, 9.17) is 4.74 Å². The van der Waals surface area contributed by atoms with Crippen molar-refractivity contribution in [3.05, 3.63) is 78.4 Å². The van der Waals surface area contributed by atoms with Crippen LogP contribution in [0, 0.1) is 0 Å². The number of methoxy groups -OCH3 is 1. The molecule has 0 aliphatic carbocycles. The van der Waals surface area contributed by atoms with E-state index in [0.29, 0.717) is 0 Å². The second kappa shape index (κ2) is 17.9. The Kier molecular flexibility index (Phi) is 12.9. The van der Waals surface area contributed by atoms with E-state index in [9.17, 15) is 5.11 Å². The van der Waals surface area contributed by atoms with Gasteiger partial charge in [0.15, 0.2) is 0 Å². The lowest BCUT2D eigenvalue weighted by molar-refractivity contribution is 0.282. The van der Waals surface area contributed by atoms with Crippen molar-refractivity contribution in [1.29, 1.82) is 0 Å². The maximum Gasteiger partial charge on any atom is 0.128 e. The first kappa shape index (κ1) is 36.0. The van der Waals surface area contributed by atoms with Gasteiger partial charge in [-0.15, -0.1) is 0 Å². The topological polar surface area (TPSA) is 39.3 Å². The Morgan fingerprint density at radius 3 is 1.40 bits per heavy atom. The largest absolute Gasteiger partial charge is 0.496 e. The molecule has 4 nitrogen and oxygen atoms in total. The Morgan fingerprint density at radius 2 is 0.920 bits per heavy atom. The number of benzene rings is 4. The number of rotatable bonds is 21. The lowest BCUT2D eigenvalue weighted by atomic mass is 9.95. The molecule has 2 aromatic heterocycles. The van der Waals surface area contributed by atoms with E-state index in [1.54, 1.807) is 7.11 Å². The molecule has 0 saturated carbocycles. The van der Waals surface area contributed by atoms with Crippen LogP contribution in [0.3, 0.4) is 0 Å². The standard InChI is InChI=1S/C46H60N2O2/c1-4-6-8-10-12-14-16-22-28-47-42-26-20-18-24-36(42)39-31-38(35(34-49)30-44(39)47)41-32-40-37-25-19-21-27-43(37)48(45(40)33-46(41)50-3)29-23-17-15-13-11-9-7-5-2/h18-21,24-27,30-33,49H,4-17,22-23,28-29,34H2,1-3H3. The molecule has 4 aromatic carbocycles. The minimum absolute atomic E-state index is 0.0219. The normalized spacial score (nSPS) is 11.9. The highest BCUT2D eigenvalue weighted by atomic mass is 16.5. The molecule has 0 saturated heterocycles. The fourth-order valence-electron chi connectivity index (χ4n) is 8.26. The molecule has 0 fully saturated rings. The number of aliphatic hydroxyl groups excluding tert-OH is 1. The van der Waals surface area contributed by atoms with Crippen LogP contribution in [0.4, 0.5) is 0 Å². The van der Waals surface area contributed by atoms with Crippen molar-refractivity contribution in [2.45, 2.75) is 136 Å². The number of unbranched alkanes of at least 4 members (excludes halogenated alkanes) is 14. The first-order valence-corrected chi connectivity index (χ1v) is 19.9. The van der Waals surface area contributed by atoms with Gasteiger partial charge in [0.25, 0.3) is 0 Å². The molecule has 0 aliphatic rings. The van der Waals surface area contributed by atoms with Gasteiger partial charge < -0.3 is 19.0 Å². The minimum atomic E-state index is -0.0219. The SMILES string of the molecule is CCCCCCCCCCn1c2ccccc2c2cc(-c3cc4c5ccccc5n(CCCCCCCCCC)c4cc3OC)c(CO)cc21. The van der Waals surface area contributed by atoms with Crippen LogP contribution in [0.25, 0.3) is 54.7 Å². The van der Waals surface area contributed by atoms with Crippen LogP contribution >= 0.6 is 0 Å². The molecule has 0 spiro atoms. The van der Waals surface area contributed by atoms with E-state index in [0.717, 1.165) is 35.5 Å². The monoisotopic (exact) mass is 672 g/mol. The summed E-state index contributed by atoms with van der Waals surface area (Å²) in [6, 6.07) is 26.8. The third kappa shape index (κ3) is 7.91. The molecule has 2 heterocycles. The number of hydrogen-bond acceptors (Lipinski definition) is 2. The Morgan fingerprint density at radius 1 is 0.480 bits per heavy atom. The van der Waals surface area contributed by atoms with Gasteiger partial charge in [0, 0.05) is 62.8 Å². The van der Waals surface area contributed by atoms with Crippen LogP contribution in [-0.2, 0) is 19.7 Å². The van der Waals surface area contributed by atoms with E-state index in [1.165, 1.54) is 146 Å². The fraction of sp³-hybridized carbons (Fsp3) is 0.478. The van der Waals surface area contributed by atoms with Crippen molar-refractivity contribution in [1.82, 2.24) is 9.13 Å². The number of aromatic nitrogens is 2. The first-order chi connectivity index (χ1) is 24.7. The zero-order valence-electron chi connectivity index (χ0n) is 31.1. The van der Waals surface area contributed by atoms with Gasteiger partial charge in [-0.3, -0.25) is 0 Å². The Hall–Kier alpha value is -3.76. The number of aryl methyl sites for hydroxylation is 2. The summed E-state index contributed by atoms with van der Waals surface area (Å²) in [5.41, 5.74) is 8.03. The van der Waals surface area contributed by atoms with Crippen LogP contribution in [0.5, 0.6) is 5.75 Å². The average molecular weight is 673 g/mol. The van der Waals surface area contributed by atoms with Gasteiger partial charge in [-0.25, -0.2) is 0 Å². The molecule has 0 unspecified atom stereocenters. The molecule has 0 radical (unpaired) electrons. The molecule has 6 aromatic rings. The van der Waals surface area contributed by atoms with Gasteiger partial charge in [-0.2, -0.15) is 0 Å². The summed E-state index contributed by atoms with van der Waals surface area (Å²) in [7, 11) is 1.78. The number of aliphatic hydroxyl groups is 1. The summed E-state index contributed by atoms with van der Waals surface area (Å²) in [5.74, 6) is 0.856. The van der Waals surface area contributed by atoms with Crippen molar-refractivity contribution in [2.24, 2.45) is 0 Å². The van der Waals surface area contributed by atoms with Crippen molar-refractivity contribution in [3.63, 3.8) is 0 Å². The Labute approximate surface area is 300 Å². The van der Waals surface area contributed by atoms with Crippen molar-refractivity contribution < 1.29 is 9.84 Å². The summed E-state index contributed by atoms with van der Waals surface area (Å²) in [5, 5.41) is 15.9. The third-order valence-electron chi connectivity index (χ3n) is 11.0. The number of fused-ring (bicyclic) bond motifs is 6. The van der Waals surface area contributed by atoms with Crippen LogP contribution < -0.4 is 4.74 Å². The van der Waals surface area contributed by atoms with Crippen LogP contribution in [-0.4, -0.2) is 21.4 Å². The van der Waals surface area contributed by atoms with Crippen LogP contribution in [0.1, 0.15) is 122 Å². The minimum Gasteiger partial charge on any atom is -0.496 e. The highest BCUT2D eigenvalue weighted by Crippen LogP contribution is 2.42. The second-order valence-corrected chi connectivity index (χ2v) is 14.5. The molecule has 4 heteroatoms. The predicted molar refractivity (Wildman–Crippen MR) is 216 cm³/mol. The van der Waals surface area contributed by atoms with E-state index >= 15 is 0 Å². The summed E-state index contributed by atoms with van der Waals surface area (Å²) in [6.45, 7) is 6.55. The summed E-state index contributed by atoms with van der Waals surface area (Å²) >= 11 is 0. The van der Waals surface area contributed by atoms with Gasteiger partial charge in [0.05, 0.1) is 19.2 Å². The Bertz CT molecular complexity index is 1840.